The number of hydrogen-bond donors (Lipinski definition) is 1. The van der Waals surface area contributed by atoms with Crippen molar-refractivity contribution in [2.75, 3.05) is 19.6 Å². The number of nitriles is 2. The lowest BCUT2D eigenvalue weighted by molar-refractivity contribution is -0.0224. The average Bonchev–Trinajstić information content (AvgIpc) is 2.53. The molecule has 4 nitrogen and oxygen atoms in total. The molecule has 1 aliphatic rings. The molecular formula is C18H22FN3O. The van der Waals surface area contributed by atoms with Gasteiger partial charge in [0.1, 0.15) is 5.82 Å². The Bertz CT molecular complexity index is 597. The lowest BCUT2D eigenvalue weighted by Crippen LogP contribution is -2.46. The fraction of sp³-hybridized carbons (Fsp3) is 0.556. The topological polar surface area (TPSA) is 71.0 Å². The van der Waals surface area contributed by atoms with E-state index in [-0.39, 0.29) is 11.7 Å². The molecule has 1 heterocycles. The van der Waals surface area contributed by atoms with Crippen LogP contribution in [0.25, 0.3) is 0 Å². The Labute approximate surface area is 136 Å². The first-order valence-electron chi connectivity index (χ1n) is 8.00. The summed E-state index contributed by atoms with van der Waals surface area (Å²) in [5, 5.41) is 28.5. The molecule has 23 heavy (non-hydrogen) atoms. The Kier molecular flexibility index (Phi) is 6.10. The van der Waals surface area contributed by atoms with E-state index < -0.39 is 5.60 Å². The minimum absolute atomic E-state index is 0.135. The zero-order valence-corrected chi connectivity index (χ0v) is 13.2. The predicted octanol–water partition coefficient (Wildman–Crippen LogP) is 2.64. The molecule has 0 amide bonds. The summed E-state index contributed by atoms with van der Waals surface area (Å²) in [5.74, 6) is -0.415. The largest absolute Gasteiger partial charge is 0.389 e. The van der Waals surface area contributed by atoms with Crippen LogP contribution in [0.2, 0.25) is 0 Å². The average molecular weight is 315 g/mol. The molecule has 1 atom stereocenters. The zero-order chi connectivity index (χ0) is 16.7. The number of nitrogens with zero attached hydrogens (tertiary/aromatic N) is 3. The standard InChI is InChI=1S/C18H22FN3O/c19-17-5-1-3-15(11-17)12-18(23)6-9-22(10-7-18)14-16(13-21)4-2-8-20/h1,3,5,11,16,23H,2,4,6-7,9-10,12,14H2. The molecule has 122 valence electrons. The fourth-order valence-corrected chi connectivity index (χ4v) is 3.10. The van der Waals surface area contributed by atoms with Gasteiger partial charge in [-0.25, -0.2) is 4.39 Å². The van der Waals surface area contributed by atoms with Gasteiger partial charge < -0.3 is 10.0 Å². The van der Waals surface area contributed by atoms with Gasteiger partial charge >= 0.3 is 0 Å². The van der Waals surface area contributed by atoms with Crippen LogP contribution in [0.4, 0.5) is 4.39 Å². The van der Waals surface area contributed by atoms with Gasteiger partial charge in [0.25, 0.3) is 0 Å². The molecule has 0 spiro atoms. The molecule has 2 rings (SSSR count). The van der Waals surface area contributed by atoms with Crippen LogP contribution >= 0.6 is 0 Å². The third kappa shape index (κ3) is 5.32. The van der Waals surface area contributed by atoms with Gasteiger partial charge in [0, 0.05) is 32.5 Å². The summed E-state index contributed by atoms with van der Waals surface area (Å²) in [6, 6.07) is 10.7. The van der Waals surface area contributed by atoms with Crippen LogP contribution in [0.15, 0.2) is 24.3 Å². The fourth-order valence-electron chi connectivity index (χ4n) is 3.10. The highest BCUT2D eigenvalue weighted by Crippen LogP contribution is 2.27. The van der Waals surface area contributed by atoms with Crippen LogP contribution in [-0.2, 0) is 6.42 Å². The van der Waals surface area contributed by atoms with E-state index in [0.29, 0.717) is 38.6 Å². The van der Waals surface area contributed by atoms with Gasteiger partial charge in [0.05, 0.1) is 23.7 Å². The molecule has 0 aliphatic carbocycles. The minimum atomic E-state index is -0.806. The summed E-state index contributed by atoms with van der Waals surface area (Å²) in [6.07, 6.45) is 2.67. The van der Waals surface area contributed by atoms with E-state index in [9.17, 15) is 9.50 Å². The van der Waals surface area contributed by atoms with Crippen LogP contribution in [-0.4, -0.2) is 35.2 Å². The Hall–Kier alpha value is -1.95. The third-order valence-corrected chi connectivity index (χ3v) is 4.47. The molecule has 1 saturated heterocycles. The van der Waals surface area contributed by atoms with E-state index in [1.54, 1.807) is 6.07 Å². The Morgan fingerprint density at radius 1 is 1.30 bits per heavy atom. The minimum Gasteiger partial charge on any atom is -0.389 e. The van der Waals surface area contributed by atoms with Crippen molar-refractivity contribution >= 4 is 0 Å². The van der Waals surface area contributed by atoms with Gasteiger partial charge in [0.2, 0.25) is 0 Å². The Morgan fingerprint density at radius 3 is 2.65 bits per heavy atom. The maximum atomic E-state index is 13.2. The van der Waals surface area contributed by atoms with Gasteiger partial charge in [-0.1, -0.05) is 12.1 Å². The number of piperidine rings is 1. The quantitative estimate of drug-likeness (QED) is 0.876. The van der Waals surface area contributed by atoms with Crippen molar-refractivity contribution in [3.05, 3.63) is 35.6 Å². The molecular weight excluding hydrogens is 293 g/mol. The normalized spacial score (nSPS) is 18.8. The van der Waals surface area contributed by atoms with Crippen molar-refractivity contribution in [1.82, 2.24) is 4.90 Å². The first-order chi connectivity index (χ1) is 11.0. The molecule has 1 aromatic carbocycles. The van der Waals surface area contributed by atoms with Crippen LogP contribution in [0.3, 0.4) is 0 Å². The van der Waals surface area contributed by atoms with E-state index >= 15 is 0 Å². The Morgan fingerprint density at radius 2 is 2.04 bits per heavy atom. The van der Waals surface area contributed by atoms with Crippen LogP contribution in [0.5, 0.6) is 0 Å². The summed E-state index contributed by atoms with van der Waals surface area (Å²) in [5.41, 5.74) is 0.00361. The predicted molar refractivity (Wildman–Crippen MR) is 84.7 cm³/mol. The van der Waals surface area contributed by atoms with Gasteiger partial charge in [-0.2, -0.15) is 10.5 Å². The zero-order valence-electron chi connectivity index (χ0n) is 13.2. The molecule has 5 heteroatoms. The highest BCUT2D eigenvalue weighted by Gasteiger charge is 2.33. The van der Waals surface area contributed by atoms with Gasteiger partial charge in [0.15, 0.2) is 0 Å². The molecule has 1 aliphatic heterocycles. The highest BCUT2D eigenvalue weighted by molar-refractivity contribution is 5.18. The van der Waals surface area contributed by atoms with Crippen molar-refractivity contribution in [3.8, 4) is 12.1 Å². The van der Waals surface area contributed by atoms with Gasteiger partial charge in [-0.3, -0.25) is 0 Å². The first-order valence-corrected chi connectivity index (χ1v) is 8.00. The number of aliphatic hydroxyl groups is 1. The SMILES string of the molecule is N#CCCC(C#N)CN1CCC(O)(Cc2cccc(F)c2)CC1. The molecule has 1 N–H and O–H groups in total. The van der Waals surface area contributed by atoms with Crippen LogP contribution in [0.1, 0.15) is 31.2 Å². The second-order valence-electron chi connectivity index (χ2n) is 6.35. The maximum Gasteiger partial charge on any atom is 0.123 e. The third-order valence-electron chi connectivity index (χ3n) is 4.47. The van der Waals surface area contributed by atoms with Crippen molar-refractivity contribution in [3.63, 3.8) is 0 Å². The van der Waals surface area contributed by atoms with Crippen molar-refractivity contribution in [2.45, 2.75) is 37.7 Å². The molecule has 0 radical (unpaired) electrons. The van der Waals surface area contributed by atoms with Crippen LogP contribution in [0, 0.1) is 34.4 Å². The smallest absolute Gasteiger partial charge is 0.123 e. The van der Waals surface area contributed by atoms with Gasteiger partial charge in [-0.05, 0) is 37.0 Å². The van der Waals surface area contributed by atoms with Crippen molar-refractivity contribution < 1.29 is 9.50 Å². The lowest BCUT2D eigenvalue weighted by Gasteiger charge is -2.39. The molecule has 0 aromatic heterocycles. The van der Waals surface area contributed by atoms with Crippen molar-refractivity contribution in [1.29, 1.82) is 10.5 Å². The van der Waals surface area contributed by atoms with E-state index in [1.807, 2.05) is 6.07 Å². The second kappa shape index (κ2) is 8.06. The second-order valence-corrected chi connectivity index (χ2v) is 6.35. The first kappa shape index (κ1) is 17.4. The maximum absolute atomic E-state index is 13.2. The van der Waals surface area contributed by atoms with Crippen LogP contribution < -0.4 is 0 Å². The number of rotatable bonds is 6. The Balaban J connectivity index is 1.85. The summed E-state index contributed by atoms with van der Waals surface area (Å²) in [4.78, 5) is 2.17. The van der Waals surface area contributed by atoms with E-state index in [1.165, 1.54) is 12.1 Å². The summed E-state index contributed by atoms with van der Waals surface area (Å²) >= 11 is 0. The number of halogens is 1. The highest BCUT2D eigenvalue weighted by atomic mass is 19.1. The molecule has 1 unspecified atom stereocenters. The number of benzene rings is 1. The lowest BCUT2D eigenvalue weighted by atomic mass is 9.85. The summed E-state index contributed by atoms with van der Waals surface area (Å²) in [6.45, 7) is 2.08. The van der Waals surface area contributed by atoms with E-state index in [0.717, 1.165) is 18.7 Å². The number of likely N-dealkylation sites (tertiary alicyclic amines) is 1. The van der Waals surface area contributed by atoms with Gasteiger partial charge in [-0.15, -0.1) is 0 Å². The van der Waals surface area contributed by atoms with E-state index in [4.69, 9.17) is 10.5 Å². The molecule has 0 saturated carbocycles. The van der Waals surface area contributed by atoms with E-state index in [2.05, 4.69) is 17.0 Å². The summed E-state index contributed by atoms with van der Waals surface area (Å²) in [7, 11) is 0. The number of hydrogen-bond acceptors (Lipinski definition) is 4. The molecule has 1 aromatic rings. The van der Waals surface area contributed by atoms with Crippen molar-refractivity contribution in [2.24, 2.45) is 5.92 Å². The monoisotopic (exact) mass is 315 g/mol. The molecule has 1 fully saturated rings. The summed E-state index contributed by atoms with van der Waals surface area (Å²) < 4.78 is 13.2. The molecule has 0 bridgehead atoms.